The minimum Gasteiger partial charge on any atom is -0.493 e. The first kappa shape index (κ1) is 17.0. The van der Waals surface area contributed by atoms with E-state index in [1.54, 1.807) is 50.6 Å². The van der Waals surface area contributed by atoms with Gasteiger partial charge in [0.05, 0.1) is 34.9 Å². The van der Waals surface area contributed by atoms with Gasteiger partial charge in [0.2, 0.25) is 5.88 Å². The topological polar surface area (TPSA) is 94.4 Å². The largest absolute Gasteiger partial charge is 0.493 e. The maximum atomic E-state index is 11.7. The molecule has 0 spiro atoms. The van der Waals surface area contributed by atoms with Gasteiger partial charge in [-0.1, -0.05) is 0 Å². The maximum absolute atomic E-state index is 11.7. The van der Waals surface area contributed by atoms with E-state index in [0.29, 0.717) is 38.9 Å². The van der Waals surface area contributed by atoms with Crippen molar-refractivity contribution in [3.8, 4) is 23.1 Å². The summed E-state index contributed by atoms with van der Waals surface area (Å²) in [5.74, 6) is 1.99. The van der Waals surface area contributed by atoms with Crippen LogP contribution in [0, 0.1) is 4.78 Å². The predicted octanol–water partition coefficient (Wildman–Crippen LogP) is 3.47. The minimum absolute atomic E-state index is 0.363. The number of ether oxygens (including phenoxy) is 3. The van der Waals surface area contributed by atoms with Gasteiger partial charge in [-0.15, -0.1) is 0 Å². The van der Waals surface area contributed by atoms with Crippen LogP contribution >= 0.6 is 0 Å². The number of rotatable bonds is 5. The summed E-state index contributed by atoms with van der Waals surface area (Å²) in [6, 6.07) is 10.0. The second-order valence-electron chi connectivity index (χ2n) is 5.32. The highest BCUT2D eigenvalue weighted by atomic mass is 32.2. The molecule has 0 bridgehead atoms. The summed E-state index contributed by atoms with van der Waals surface area (Å²) in [7, 11) is 0.353. The van der Waals surface area contributed by atoms with Crippen molar-refractivity contribution in [2.24, 2.45) is 0 Å². The number of fused-ring (bicyclic) bond motifs is 1. The van der Waals surface area contributed by atoms with Crippen LogP contribution in [0.5, 0.6) is 23.1 Å². The molecule has 1 atom stereocenters. The average Bonchev–Trinajstić information content (AvgIpc) is 2.60. The molecule has 1 unspecified atom stereocenters. The molecule has 130 valence electrons. The highest BCUT2D eigenvalue weighted by molar-refractivity contribution is 7.91. The van der Waals surface area contributed by atoms with Crippen LogP contribution in [0.25, 0.3) is 10.9 Å². The van der Waals surface area contributed by atoms with E-state index >= 15 is 0 Å². The summed E-state index contributed by atoms with van der Waals surface area (Å²) in [6.07, 6.45) is 2.78. The van der Waals surface area contributed by atoms with E-state index in [4.69, 9.17) is 19.0 Å². The van der Waals surface area contributed by atoms with Crippen LogP contribution in [0.1, 0.15) is 0 Å². The van der Waals surface area contributed by atoms with Gasteiger partial charge in [-0.05, 0) is 30.3 Å². The third-order valence-electron chi connectivity index (χ3n) is 3.59. The number of methoxy groups -OCH3 is 2. The van der Waals surface area contributed by atoms with Crippen LogP contribution < -0.4 is 14.2 Å². The van der Waals surface area contributed by atoms with E-state index in [1.165, 1.54) is 12.6 Å². The highest BCUT2D eigenvalue weighted by Crippen LogP contribution is 2.35. The van der Waals surface area contributed by atoms with Crippen molar-refractivity contribution in [3.63, 3.8) is 0 Å². The first-order valence-electron chi connectivity index (χ1n) is 7.31. The molecule has 1 aromatic heterocycles. The quantitative estimate of drug-likeness (QED) is 0.749. The van der Waals surface area contributed by atoms with Crippen LogP contribution in [0.2, 0.25) is 0 Å². The molecule has 0 aliphatic rings. The smallest absolute Gasteiger partial charge is 0.230 e. The zero-order chi connectivity index (χ0) is 18.0. The number of benzene rings is 2. The van der Waals surface area contributed by atoms with Gasteiger partial charge >= 0.3 is 0 Å². The summed E-state index contributed by atoms with van der Waals surface area (Å²) in [4.78, 5) is 8.85. The van der Waals surface area contributed by atoms with Gasteiger partial charge in [-0.25, -0.2) is 19.0 Å². The second-order valence-corrected chi connectivity index (χ2v) is 7.48. The van der Waals surface area contributed by atoms with Crippen molar-refractivity contribution in [2.75, 3.05) is 20.5 Å². The van der Waals surface area contributed by atoms with Crippen molar-refractivity contribution >= 4 is 20.6 Å². The normalized spacial score (nSPS) is 13.2. The molecule has 3 rings (SSSR count). The Hall–Kier alpha value is -2.87. The molecule has 25 heavy (non-hydrogen) atoms. The van der Waals surface area contributed by atoms with Gasteiger partial charge in [-0.2, -0.15) is 0 Å². The lowest BCUT2D eigenvalue weighted by Crippen LogP contribution is -1.96. The van der Waals surface area contributed by atoms with Crippen LogP contribution in [0.3, 0.4) is 0 Å². The zero-order valence-corrected chi connectivity index (χ0v) is 14.8. The molecular weight excluding hydrogens is 342 g/mol. The van der Waals surface area contributed by atoms with E-state index in [-0.39, 0.29) is 0 Å². The van der Waals surface area contributed by atoms with Crippen molar-refractivity contribution in [2.45, 2.75) is 4.90 Å². The van der Waals surface area contributed by atoms with Crippen molar-refractivity contribution in [1.82, 2.24) is 9.97 Å². The fourth-order valence-electron chi connectivity index (χ4n) is 2.32. The Bertz CT molecular complexity index is 1020. The monoisotopic (exact) mass is 359 g/mol. The Morgan fingerprint density at radius 2 is 1.64 bits per heavy atom. The van der Waals surface area contributed by atoms with Crippen molar-refractivity contribution < 1.29 is 18.4 Å². The van der Waals surface area contributed by atoms with Crippen LogP contribution in [-0.2, 0) is 9.73 Å². The lowest BCUT2D eigenvalue weighted by Gasteiger charge is -2.11. The fraction of sp³-hybridized carbons (Fsp3) is 0.176. The number of aromatic nitrogens is 2. The Balaban J connectivity index is 2.01. The molecule has 0 radical (unpaired) electrons. The fourth-order valence-corrected chi connectivity index (χ4v) is 2.98. The summed E-state index contributed by atoms with van der Waals surface area (Å²) in [5.41, 5.74) is 0.655. The van der Waals surface area contributed by atoms with Crippen LogP contribution in [-0.4, -0.2) is 34.7 Å². The average molecular weight is 359 g/mol. The van der Waals surface area contributed by atoms with Crippen LogP contribution in [0.15, 0.2) is 47.6 Å². The van der Waals surface area contributed by atoms with Gasteiger partial charge in [-0.3, -0.25) is 0 Å². The molecule has 0 saturated heterocycles. The van der Waals surface area contributed by atoms with Gasteiger partial charge < -0.3 is 14.2 Å². The predicted molar refractivity (Wildman–Crippen MR) is 94.2 cm³/mol. The second kappa shape index (κ2) is 6.56. The third kappa shape index (κ3) is 3.48. The van der Waals surface area contributed by atoms with Gasteiger partial charge in [0.1, 0.15) is 12.1 Å². The minimum atomic E-state index is -2.76. The van der Waals surface area contributed by atoms with Crippen molar-refractivity contribution in [3.05, 3.63) is 42.7 Å². The van der Waals surface area contributed by atoms with E-state index in [1.807, 2.05) is 0 Å². The number of nitrogens with one attached hydrogen (secondary N) is 1. The standard InChI is InChI=1S/C17H17N3O4S/c1-22-15-8-13-14(9-16(15)23-2)19-10-20-17(13)24-11-4-6-12(7-5-11)25(3,18)21/h4-10,18H,1-3H3. The molecule has 3 aromatic rings. The summed E-state index contributed by atoms with van der Waals surface area (Å²) in [5, 5.41) is 0.670. The van der Waals surface area contributed by atoms with Crippen molar-refractivity contribution in [1.29, 1.82) is 4.78 Å². The first-order valence-corrected chi connectivity index (χ1v) is 9.27. The molecule has 0 amide bonds. The lowest BCUT2D eigenvalue weighted by atomic mass is 10.2. The molecule has 2 aromatic carbocycles. The number of nitrogens with zero attached hydrogens (tertiary/aromatic N) is 2. The summed E-state index contributed by atoms with van der Waals surface area (Å²) < 4.78 is 35.8. The summed E-state index contributed by atoms with van der Waals surface area (Å²) in [6.45, 7) is 0. The molecule has 0 fully saturated rings. The zero-order valence-electron chi connectivity index (χ0n) is 14.0. The molecule has 8 heteroatoms. The Morgan fingerprint density at radius 3 is 2.24 bits per heavy atom. The van der Waals surface area contributed by atoms with E-state index < -0.39 is 9.73 Å². The highest BCUT2D eigenvalue weighted by Gasteiger charge is 2.12. The lowest BCUT2D eigenvalue weighted by molar-refractivity contribution is 0.355. The summed E-state index contributed by atoms with van der Waals surface area (Å²) >= 11 is 0. The number of hydrogen-bond acceptors (Lipinski definition) is 7. The molecule has 0 aliphatic carbocycles. The molecule has 0 aliphatic heterocycles. The Morgan fingerprint density at radius 1 is 1.00 bits per heavy atom. The van der Waals surface area contributed by atoms with E-state index in [9.17, 15) is 4.21 Å². The molecule has 1 N–H and O–H groups in total. The number of hydrogen-bond donors (Lipinski definition) is 1. The molecule has 7 nitrogen and oxygen atoms in total. The maximum Gasteiger partial charge on any atom is 0.230 e. The Kier molecular flexibility index (Phi) is 4.45. The molecule has 1 heterocycles. The SMILES string of the molecule is COc1cc2ncnc(Oc3ccc(S(C)(=N)=O)cc3)c2cc1OC. The van der Waals surface area contributed by atoms with Crippen LogP contribution in [0.4, 0.5) is 0 Å². The van der Waals surface area contributed by atoms with Gasteiger partial charge in [0.25, 0.3) is 0 Å². The van der Waals surface area contributed by atoms with E-state index in [2.05, 4.69) is 9.97 Å². The molecular formula is C17H17N3O4S. The van der Waals surface area contributed by atoms with Gasteiger partial charge in [0, 0.05) is 17.2 Å². The van der Waals surface area contributed by atoms with Gasteiger partial charge in [0.15, 0.2) is 11.5 Å². The van der Waals surface area contributed by atoms with E-state index in [0.717, 1.165) is 0 Å². The third-order valence-corrected chi connectivity index (χ3v) is 4.76. The Labute approximate surface area is 145 Å². The molecule has 0 saturated carbocycles. The first-order chi connectivity index (χ1) is 11.9.